The van der Waals surface area contributed by atoms with Crippen LogP contribution in [0.5, 0.6) is 5.75 Å². The van der Waals surface area contributed by atoms with Gasteiger partial charge in [-0.15, -0.1) is 0 Å². The number of nitrogens with one attached hydrogen (secondary N) is 3. The molecule has 0 aliphatic heterocycles. The number of hydrogen-bond donors (Lipinski definition) is 4. The lowest BCUT2D eigenvalue weighted by Crippen LogP contribution is -2.34. The number of phenols is 1. The second-order valence-electron chi connectivity index (χ2n) is 10.3. The van der Waals surface area contributed by atoms with Gasteiger partial charge in [0.05, 0.1) is 11.9 Å². The normalized spacial score (nSPS) is 11.4. The van der Waals surface area contributed by atoms with E-state index < -0.39 is 29.1 Å². The summed E-state index contributed by atoms with van der Waals surface area (Å²) in [5, 5.41) is 18.2. The smallest absolute Gasteiger partial charge is 0.407 e. The lowest BCUT2D eigenvalue weighted by atomic mass is 10.0. The van der Waals surface area contributed by atoms with Gasteiger partial charge in [-0.1, -0.05) is 6.92 Å². The van der Waals surface area contributed by atoms with Crippen LogP contribution < -0.4 is 16.0 Å². The molecule has 0 radical (unpaired) electrons. The molecule has 0 saturated carbocycles. The Balaban J connectivity index is 1.43. The van der Waals surface area contributed by atoms with E-state index in [2.05, 4.69) is 25.9 Å². The van der Waals surface area contributed by atoms with Gasteiger partial charge in [0.25, 0.3) is 5.91 Å². The number of nitrogens with zero attached hydrogens (tertiary/aromatic N) is 3. The Morgan fingerprint density at radius 2 is 1.80 bits per heavy atom. The number of phenolic OH excluding ortho intramolecular Hbond substituents is 1. The van der Waals surface area contributed by atoms with Gasteiger partial charge in [0.15, 0.2) is 23.0 Å². The van der Waals surface area contributed by atoms with E-state index in [0.717, 1.165) is 11.6 Å². The number of aromatic nitrogens is 3. The Labute approximate surface area is 235 Å². The standard InChI is InChI=1S/C29H32F2N6O4/c1-5-17-15-18(7-8-19(17)27(39)33-11-6-12-34-28(40)41-29(2,3)4)36-25-26-35-16-21(37(26)14-13-32-25)20-9-10-22(38)24(31)23(20)30/h7-10,13-16,38H,5-6,11-12H2,1-4H3,(H,32,36)(H,33,39)(H,34,40). The summed E-state index contributed by atoms with van der Waals surface area (Å²) in [4.78, 5) is 33.2. The molecule has 0 fully saturated rings. The average Bonchev–Trinajstić information content (AvgIpc) is 3.35. The molecule has 2 aromatic heterocycles. The third kappa shape index (κ3) is 6.89. The predicted molar refractivity (Wildman–Crippen MR) is 150 cm³/mol. The summed E-state index contributed by atoms with van der Waals surface area (Å²) in [6.45, 7) is 8.03. The van der Waals surface area contributed by atoms with Crippen LogP contribution in [-0.4, -0.2) is 50.2 Å². The molecule has 0 atom stereocenters. The molecule has 0 aliphatic carbocycles. The SMILES string of the molecule is CCc1cc(Nc2nccn3c(-c4ccc(O)c(F)c4F)cnc23)ccc1C(=O)NCCCNC(=O)OC(C)(C)C. The second kappa shape index (κ2) is 12.2. The first-order chi connectivity index (χ1) is 19.5. The molecule has 2 amide bonds. The van der Waals surface area contributed by atoms with Crippen molar-refractivity contribution < 1.29 is 28.2 Å². The number of carbonyl (C=O) groups excluding carboxylic acids is 2. The fraction of sp³-hybridized carbons (Fsp3) is 0.310. The highest BCUT2D eigenvalue weighted by Gasteiger charge is 2.19. The Morgan fingerprint density at radius 1 is 1.05 bits per heavy atom. The van der Waals surface area contributed by atoms with Crippen molar-refractivity contribution in [2.45, 2.75) is 46.1 Å². The fourth-order valence-electron chi connectivity index (χ4n) is 4.16. The van der Waals surface area contributed by atoms with Gasteiger partial charge >= 0.3 is 6.09 Å². The number of aryl methyl sites for hydroxylation is 1. The quantitative estimate of drug-likeness (QED) is 0.202. The van der Waals surface area contributed by atoms with Gasteiger partial charge in [-0.3, -0.25) is 9.20 Å². The Kier molecular flexibility index (Phi) is 8.70. The number of benzene rings is 2. The van der Waals surface area contributed by atoms with Crippen LogP contribution in [0.3, 0.4) is 0 Å². The molecule has 4 rings (SSSR count). The number of carbonyl (C=O) groups is 2. The van der Waals surface area contributed by atoms with Crippen molar-refractivity contribution in [2.75, 3.05) is 18.4 Å². The topological polar surface area (TPSA) is 130 Å². The molecule has 2 heterocycles. The Bertz CT molecular complexity index is 1580. The van der Waals surface area contributed by atoms with Crippen LogP contribution in [0.1, 0.15) is 50.0 Å². The van der Waals surface area contributed by atoms with Crippen molar-refractivity contribution in [1.82, 2.24) is 25.0 Å². The summed E-state index contributed by atoms with van der Waals surface area (Å²) >= 11 is 0. The number of amides is 2. The number of fused-ring (bicyclic) bond motifs is 1. The van der Waals surface area contributed by atoms with E-state index in [-0.39, 0.29) is 17.2 Å². The monoisotopic (exact) mass is 566 g/mol. The minimum absolute atomic E-state index is 0.0609. The molecule has 2 aromatic carbocycles. The van der Waals surface area contributed by atoms with Crippen molar-refractivity contribution in [3.63, 3.8) is 0 Å². The van der Waals surface area contributed by atoms with Crippen LogP contribution in [0, 0.1) is 11.6 Å². The maximum Gasteiger partial charge on any atom is 0.407 e. The first-order valence-corrected chi connectivity index (χ1v) is 13.1. The van der Waals surface area contributed by atoms with E-state index >= 15 is 0 Å². The van der Waals surface area contributed by atoms with Crippen LogP contribution in [0.25, 0.3) is 16.9 Å². The molecule has 216 valence electrons. The lowest BCUT2D eigenvalue weighted by molar-refractivity contribution is 0.0527. The summed E-state index contributed by atoms with van der Waals surface area (Å²) in [5.74, 6) is -3.15. The van der Waals surface area contributed by atoms with Gasteiger partial charge in [-0.2, -0.15) is 4.39 Å². The Hall–Kier alpha value is -4.74. The van der Waals surface area contributed by atoms with Gasteiger partial charge in [-0.25, -0.2) is 19.2 Å². The number of anilines is 2. The number of hydrogen-bond acceptors (Lipinski definition) is 7. The fourth-order valence-corrected chi connectivity index (χ4v) is 4.16. The minimum atomic E-state index is -1.33. The van der Waals surface area contributed by atoms with Gasteiger partial charge in [0, 0.05) is 42.3 Å². The van der Waals surface area contributed by atoms with Crippen molar-refractivity contribution in [1.29, 1.82) is 0 Å². The van der Waals surface area contributed by atoms with Crippen LogP contribution in [0.2, 0.25) is 0 Å². The second-order valence-corrected chi connectivity index (χ2v) is 10.3. The molecule has 41 heavy (non-hydrogen) atoms. The lowest BCUT2D eigenvalue weighted by Gasteiger charge is -2.19. The van der Waals surface area contributed by atoms with E-state index in [1.165, 1.54) is 18.5 Å². The highest BCUT2D eigenvalue weighted by atomic mass is 19.2. The average molecular weight is 567 g/mol. The molecule has 0 spiro atoms. The molecule has 10 nitrogen and oxygen atoms in total. The molecular weight excluding hydrogens is 534 g/mol. The molecule has 0 aliphatic rings. The molecule has 0 bridgehead atoms. The van der Waals surface area contributed by atoms with Gasteiger partial charge < -0.3 is 25.8 Å². The zero-order valence-corrected chi connectivity index (χ0v) is 23.2. The molecular formula is C29H32F2N6O4. The van der Waals surface area contributed by atoms with Crippen LogP contribution >= 0.6 is 0 Å². The molecule has 0 unspecified atom stereocenters. The van der Waals surface area contributed by atoms with Crippen molar-refractivity contribution >= 4 is 29.2 Å². The highest BCUT2D eigenvalue weighted by molar-refractivity contribution is 5.96. The highest BCUT2D eigenvalue weighted by Crippen LogP contribution is 2.31. The molecule has 4 N–H and O–H groups in total. The van der Waals surface area contributed by atoms with E-state index in [0.29, 0.717) is 48.6 Å². The molecule has 12 heteroatoms. The number of ether oxygens (including phenoxy) is 1. The van der Waals surface area contributed by atoms with Crippen LogP contribution in [0.15, 0.2) is 48.9 Å². The van der Waals surface area contributed by atoms with E-state index in [1.807, 2.05) is 13.0 Å². The van der Waals surface area contributed by atoms with Crippen molar-refractivity contribution in [2.24, 2.45) is 0 Å². The maximum absolute atomic E-state index is 14.5. The number of aromatic hydroxyl groups is 1. The first-order valence-electron chi connectivity index (χ1n) is 13.1. The zero-order chi connectivity index (χ0) is 29.7. The van der Waals surface area contributed by atoms with Crippen molar-refractivity contribution in [3.05, 3.63) is 71.7 Å². The summed E-state index contributed by atoms with van der Waals surface area (Å²) in [6, 6.07) is 7.64. The predicted octanol–water partition coefficient (Wildman–Crippen LogP) is 5.33. The summed E-state index contributed by atoms with van der Waals surface area (Å²) < 4.78 is 35.2. The number of imidazole rings is 1. The third-order valence-electron chi connectivity index (χ3n) is 6.07. The summed E-state index contributed by atoms with van der Waals surface area (Å²) in [7, 11) is 0. The zero-order valence-electron chi connectivity index (χ0n) is 23.2. The van der Waals surface area contributed by atoms with Gasteiger partial charge in [0.1, 0.15) is 5.60 Å². The minimum Gasteiger partial charge on any atom is -0.505 e. The number of alkyl carbamates (subject to hydrolysis) is 1. The molecule has 0 saturated heterocycles. The molecule has 4 aromatic rings. The van der Waals surface area contributed by atoms with Crippen LogP contribution in [0.4, 0.5) is 25.1 Å². The Morgan fingerprint density at radius 3 is 2.54 bits per heavy atom. The number of rotatable bonds is 9. The van der Waals surface area contributed by atoms with E-state index in [4.69, 9.17) is 4.74 Å². The number of halogens is 2. The van der Waals surface area contributed by atoms with E-state index in [9.17, 15) is 23.5 Å². The van der Waals surface area contributed by atoms with Gasteiger partial charge in [-0.05, 0) is 69.5 Å². The maximum atomic E-state index is 14.5. The third-order valence-corrected chi connectivity index (χ3v) is 6.07. The van der Waals surface area contributed by atoms with E-state index in [1.54, 1.807) is 43.5 Å². The largest absolute Gasteiger partial charge is 0.505 e. The van der Waals surface area contributed by atoms with Crippen LogP contribution in [-0.2, 0) is 11.2 Å². The summed E-state index contributed by atoms with van der Waals surface area (Å²) in [6.07, 6.45) is 5.09. The van der Waals surface area contributed by atoms with Crippen molar-refractivity contribution in [3.8, 4) is 17.0 Å². The first kappa shape index (κ1) is 29.2. The summed E-state index contributed by atoms with van der Waals surface area (Å²) in [5.41, 5.74) is 2.00. The van der Waals surface area contributed by atoms with Gasteiger partial charge in [0.2, 0.25) is 5.82 Å².